The van der Waals surface area contributed by atoms with Crippen molar-refractivity contribution >= 4 is 21.9 Å². The van der Waals surface area contributed by atoms with Gasteiger partial charge in [-0.1, -0.05) is 54.6 Å². The van der Waals surface area contributed by atoms with Crippen LogP contribution in [0.4, 0.5) is 0 Å². The Balaban J connectivity index is 1.98. The largest absolute Gasteiger partial charge is 0.456 e. The molecule has 0 amide bonds. The van der Waals surface area contributed by atoms with Crippen molar-refractivity contribution in [3.8, 4) is 0 Å². The van der Waals surface area contributed by atoms with E-state index >= 15 is 0 Å². The van der Waals surface area contributed by atoms with Crippen LogP contribution in [0.1, 0.15) is 11.1 Å². The molecule has 22 heavy (non-hydrogen) atoms. The first-order chi connectivity index (χ1) is 10.8. The van der Waals surface area contributed by atoms with Crippen LogP contribution in [0.2, 0.25) is 0 Å². The van der Waals surface area contributed by atoms with Crippen LogP contribution in [-0.4, -0.2) is 0 Å². The Kier molecular flexibility index (Phi) is 3.01. The van der Waals surface area contributed by atoms with Gasteiger partial charge in [0.25, 0.3) is 0 Å². The molecule has 0 aliphatic heterocycles. The third kappa shape index (κ3) is 2.09. The van der Waals surface area contributed by atoms with Crippen molar-refractivity contribution < 1.29 is 4.42 Å². The molecule has 2 nitrogen and oxygen atoms in total. The van der Waals surface area contributed by atoms with E-state index in [1.54, 1.807) is 0 Å². The molecule has 1 aromatic heterocycles. The van der Waals surface area contributed by atoms with Gasteiger partial charge in [0, 0.05) is 6.42 Å². The molecule has 0 fully saturated rings. The van der Waals surface area contributed by atoms with Gasteiger partial charge in [-0.15, -0.1) is 0 Å². The fourth-order valence-electron chi connectivity index (χ4n) is 2.84. The van der Waals surface area contributed by atoms with E-state index in [1.807, 2.05) is 60.7 Å². The minimum atomic E-state index is 0.0340. The number of hydrogen-bond donors (Lipinski definition) is 0. The predicted molar refractivity (Wildman–Crippen MR) is 89.2 cm³/mol. The molecule has 0 unspecified atom stereocenters. The molecule has 4 rings (SSSR count). The van der Waals surface area contributed by atoms with Crippen molar-refractivity contribution in [2.75, 3.05) is 0 Å². The van der Waals surface area contributed by atoms with Crippen LogP contribution in [0, 0.1) is 0 Å². The Bertz CT molecular complexity index is 1010. The van der Waals surface area contributed by atoms with Gasteiger partial charge >= 0.3 is 0 Å². The van der Waals surface area contributed by atoms with E-state index in [9.17, 15) is 4.79 Å². The zero-order valence-corrected chi connectivity index (χ0v) is 12.0. The van der Waals surface area contributed by atoms with Crippen LogP contribution < -0.4 is 5.43 Å². The third-order valence-electron chi connectivity index (χ3n) is 3.92. The van der Waals surface area contributed by atoms with E-state index in [4.69, 9.17) is 4.42 Å². The Morgan fingerprint density at radius 1 is 0.727 bits per heavy atom. The summed E-state index contributed by atoms with van der Waals surface area (Å²) in [4.78, 5) is 12.6. The van der Waals surface area contributed by atoms with E-state index in [-0.39, 0.29) is 5.43 Å². The molecule has 0 radical (unpaired) electrons. The monoisotopic (exact) mass is 286 g/mol. The molecule has 0 saturated heterocycles. The molecule has 0 aliphatic carbocycles. The van der Waals surface area contributed by atoms with Crippen molar-refractivity contribution in [2.45, 2.75) is 6.42 Å². The Morgan fingerprint density at radius 3 is 2.32 bits per heavy atom. The molecule has 0 N–H and O–H groups in total. The lowest BCUT2D eigenvalue weighted by atomic mass is 10.0. The van der Waals surface area contributed by atoms with Crippen LogP contribution in [0.15, 0.2) is 82.0 Å². The lowest BCUT2D eigenvalue weighted by Crippen LogP contribution is -2.03. The summed E-state index contributed by atoms with van der Waals surface area (Å²) in [6.07, 6.45) is 0.749. The van der Waals surface area contributed by atoms with Gasteiger partial charge in [0.15, 0.2) is 0 Å². The Labute approximate surface area is 127 Å². The fraction of sp³-hybridized carbons (Fsp3) is 0.0500. The first-order valence-electron chi connectivity index (χ1n) is 7.30. The summed E-state index contributed by atoms with van der Waals surface area (Å²) in [6, 6.07) is 23.4. The smallest absolute Gasteiger partial charge is 0.200 e. The first-order valence-corrected chi connectivity index (χ1v) is 7.30. The number of fused-ring (bicyclic) bond motifs is 2. The van der Waals surface area contributed by atoms with Crippen molar-refractivity contribution in [2.24, 2.45) is 0 Å². The molecule has 1 heterocycles. The summed E-state index contributed by atoms with van der Waals surface area (Å²) in [6.45, 7) is 0. The average Bonchev–Trinajstić information content (AvgIpc) is 2.57. The van der Waals surface area contributed by atoms with Crippen LogP contribution in [0.3, 0.4) is 0 Å². The second-order valence-electron chi connectivity index (χ2n) is 5.38. The van der Waals surface area contributed by atoms with Gasteiger partial charge in [-0.05, 0) is 29.3 Å². The quantitative estimate of drug-likeness (QED) is 0.506. The number of benzene rings is 3. The Hall–Kier alpha value is -2.87. The highest BCUT2D eigenvalue weighted by atomic mass is 16.3. The van der Waals surface area contributed by atoms with Crippen LogP contribution >= 0.6 is 0 Å². The maximum absolute atomic E-state index is 12.6. The zero-order chi connectivity index (χ0) is 14.9. The molecule has 0 spiro atoms. The van der Waals surface area contributed by atoms with Gasteiger partial charge in [-0.2, -0.15) is 0 Å². The minimum absolute atomic E-state index is 0.0340. The molecule has 0 aliphatic rings. The number of para-hydroxylation sites is 2. The summed E-state index contributed by atoms with van der Waals surface area (Å²) in [7, 11) is 0. The summed E-state index contributed by atoms with van der Waals surface area (Å²) >= 11 is 0. The minimum Gasteiger partial charge on any atom is -0.456 e. The van der Waals surface area contributed by atoms with Crippen LogP contribution in [-0.2, 0) is 6.42 Å². The summed E-state index contributed by atoms with van der Waals surface area (Å²) in [5, 5.41) is 1.28. The van der Waals surface area contributed by atoms with E-state index in [1.165, 1.54) is 5.56 Å². The van der Waals surface area contributed by atoms with Gasteiger partial charge in [0.1, 0.15) is 11.2 Å². The zero-order valence-electron chi connectivity index (χ0n) is 12.0. The first kappa shape index (κ1) is 12.8. The van der Waals surface area contributed by atoms with Gasteiger partial charge in [0.05, 0.1) is 10.8 Å². The average molecular weight is 286 g/mol. The molecular weight excluding hydrogens is 272 g/mol. The fourth-order valence-corrected chi connectivity index (χ4v) is 2.84. The molecule has 4 aromatic rings. The number of rotatable bonds is 2. The summed E-state index contributed by atoms with van der Waals surface area (Å²) in [5.74, 6) is 0. The van der Waals surface area contributed by atoms with Crippen molar-refractivity contribution in [3.05, 3.63) is 94.1 Å². The topological polar surface area (TPSA) is 30.2 Å². The van der Waals surface area contributed by atoms with Crippen molar-refractivity contribution in [3.63, 3.8) is 0 Å². The second-order valence-corrected chi connectivity index (χ2v) is 5.38. The highest BCUT2D eigenvalue weighted by molar-refractivity contribution is 5.91. The molecule has 106 valence electrons. The van der Waals surface area contributed by atoms with Crippen molar-refractivity contribution in [1.82, 2.24) is 0 Å². The maximum atomic E-state index is 12.6. The third-order valence-corrected chi connectivity index (χ3v) is 3.92. The van der Waals surface area contributed by atoms with E-state index in [2.05, 4.69) is 12.1 Å². The van der Waals surface area contributed by atoms with E-state index < -0.39 is 0 Å². The summed E-state index contributed by atoms with van der Waals surface area (Å²) in [5.41, 5.74) is 3.60. The highest BCUT2D eigenvalue weighted by Crippen LogP contribution is 2.23. The standard InChI is InChI=1S/C20H14O2/c21-19-16-10-4-5-12-18(16)22-20-15(9-6-11-17(19)20)13-14-7-2-1-3-8-14/h1-12H,13H2. The Morgan fingerprint density at radius 2 is 1.45 bits per heavy atom. The van der Waals surface area contributed by atoms with Crippen LogP contribution in [0.5, 0.6) is 0 Å². The van der Waals surface area contributed by atoms with Gasteiger partial charge in [-0.3, -0.25) is 4.79 Å². The van der Waals surface area contributed by atoms with Gasteiger partial charge < -0.3 is 4.42 Å². The van der Waals surface area contributed by atoms with E-state index in [0.717, 1.165) is 12.0 Å². The molecule has 0 atom stereocenters. The lowest BCUT2D eigenvalue weighted by Gasteiger charge is -2.07. The summed E-state index contributed by atoms with van der Waals surface area (Å²) < 4.78 is 6.03. The number of hydrogen-bond acceptors (Lipinski definition) is 2. The predicted octanol–water partition coefficient (Wildman–Crippen LogP) is 4.54. The van der Waals surface area contributed by atoms with Crippen molar-refractivity contribution in [1.29, 1.82) is 0 Å². The molecule has 0 bridgehead atoms. The molecular formula is C20H14O2. The highest BCUT2D eigenvalue weighted by Gasteiger charge is 2.10. The van der Waals surface area contributed by atoms with E-state index in [0.29, 0.717) is 21.9 Å². The SMILES string of the molecule is O=c1c2ccccc2oc2c(Cc3ccccc3)cccc12. The molecule has 2 heteroatoms. The second kappa shape index (κ2) is 5.15. The normalized spacial score (nSPS) is 11.1. The van der Waals surface area contributed by atoms with Gasteiger partial charge in [0.2, 0.25) is 5.43 Å². The lowest BCUT2D eigenvalue weighted by molar-refractivity contribution is 0.655. The molecule has 0 saturated carbocycles. The maximum Gasteiger partial charge on any atom is 0.200 e. The van der Waals surface area contributed by atoms with Crippen LogP contribution in [0.25, 0.3) is 21.9 Å². The van der Waals surface area contributed by atoms with Gasteiger partial charge in [-0.25, -0.2) is 0 Å². The molecule has 3 aromatic carbocycles.